The second-order valence-electron chi connectivity index (χ2n) is 6.60. The molecule has 1 saturated carbocycles. The van der Waals surface area contributed by atoms with Crippen molar-refractivity contribution >= 4 is 22.6 Å². The topological polar surface area (TPSA) is 92.4 Å². The van der Waals surface area contributed by atoms with Crippen LogP contribution in [0.5, 0.6) is 0 Å². The van der Waals surface area contributed by atoms with Crippen LogP contribution in [0.15, 0.2) is 59.3 Å². The van der Waals surface area contributed by atoms with E-state index in [9.17, 15) is 14.7 Å². The van der Waals surface area contributed by atoms with E-state index in [-0.39, 0.29) is 23.8 Å². The van der Waals surface area contributed by atoms with Gasteiger partial charge in [0.1, 0.15) is 0 Å². The van der Waals surface area contributed by atoms with Crippen molar-refractivity contribution < 1.29 is 19.1 Å². The van der Waals surface area contributed by atoms with Gasteiger partial charge < -0.3 is 14.8 Å². The smallest absolute Gasteiger partial charge is 0.296 e. The predicted octanol–water partition coefficient (Wildman–Crippen LogP) is 2.64. The number of hydrogen-bond acceptors (Lipinski definition) is 5. The highest BCUT2D eigenvalue weighted by molar-refractivity contribution is 6.42. The second kappa shape index (κ2) is 6.72. The molecule has 4 rings (SSSR count). The monoisotopic (exact) mass is 350 g/mol. The first-order valence-electron chi connectivity index (χ1n) is 8.53. The molecule has 2 aromatic heterocycles. The van der Waals surface area contributed by atoms with Gasteiger partial charge in [-0.3, -0.25) is 14.6 Å². The number of Topliss-reactive ketones (excluding diaryl/α,β-unsaturated/α-hetero) is 1. The molecular weight excluding hydrogens is 332 g/mol. The number of nitrogens with one attached hydrogen (secondary N) is 1. The van der Waals surface area contributed by atoms with Crippen molar-refractivity contribution in [2.24, 2.45) is 5.92 Å². The summed E-state index contributed by atoms with van der Waals surface area (Å²) in [5, 5.41) is 13.4. The first-order valence-corrected chi connectivity index (χ1v) is 8.53. The molecule has 1 aliphatic rings. The average molecular weight is 350 g/mol. The molecule has 1 aliphatic carbocycles. The lowest BCUT2D eigenvalue weighted by molar-refractivity contribution is -0.119. The lowest BCUT2D eigenvalue weighted by atomic mass is 9.75. The predicted molar refractivity (Wildman–Crippen MR) is 94.4 cm³/mol. The minimum atomic E-state index is -0.723. The van der Waals surface area contributed by atoms with E-state index in [4.69, 9.17) is 4.42 Å². The Kier molecular flexibility index (Phi) is 4.26. The van der Waals surface area contributed by atoms with Crippen LogP contribution in [0.1, 0.15) is 35.0 Å². The number of hydrogen-bond donors (Lipinski definition) is 2. The molecule has 0 saturated heterocycles. The Morgan fingerprint density at radius 2 is 2.00 bits per heavy atom. The molecule has 0 radical (unpaired) electrons. The fourth-order valence-corrected chi connectivity index (χ4v) is 3.36. The van der Waals surface area contributed by atoms with E-state index in [0.29, 0.717) is 12.8 Å². The molecule has 6 heteroatoms. The van der Waals surface area contributed by atoms with Crippen LogP contribution in [0.3, 0.4) is 0 Å². The Morgan fingerprint density at radius 3 is 2.73 bits per heavy atom. The van der Waals surface area contributed by atoms with E-state index in [1.165, 1.54) is 12.3 Å². The van der Waals surface area contributed by atoms with Crippen LogP contribution in [0.2, 0.25) is 0 Å². The maximum absolute atomic E-state index is 12.4. The molecule has 0 spiro atoms. The van der Waals surface area contributed by atoms with Crippen molar-refractivity contribution in [3.63, 3.8) is 0 Å². The number of amides is 1. The van der Waals surface area contributed by atoms with Crippen LogP contribution in [0.4, 0.5) is 0 Å². The normalized spacial score (nSPS) is 20.3. The zero-order valence-electron chi connectivity index (χ0n) is 14.0. The molecule has 2 heterocycles. The standard InChI is InChI=1S/C20H18N2O4/c23-15-9-13(10-15)18(22-20(25)19(24)17-6-3-7-26-17)14-8-12-4-1-2-5-16(12)21-11-14/h1-8,11,13,15,18,23H,9-10H2,(H,22,25)/t13?,15?,18-/m1/s1. The van der Waals surface area contributed by atoms with Gasteiger partial charge in [-0.25, -0.2) is 0 Å². The molecule has 0 unspecified atom stereocenters. The number of aromatic nitrogens is 1. The van der Waals surface area contributed by atoms with Gasteiger partial charge >= 0.3 is 0 Å². The molecule has 1 amide bonds. The van der Waals surface area contributed by atoms with Crippen molar-refractivity contribution in [3.8, 4) is 0 Å². The summed E-state index contributed by atoms with van der Waals surface area (Å²) in [4.78, 5) is 29.1. The molecular formula is C20H18N2O4. The number of aliphatic hydroxyl groups is 1. The highest BCUT2D eigenvalue weighted by atomic mass is 16.3. The zero-order valence-corrected chi connectivity index (χ0v) is 14.0. The third kappa shape index (κ3) is 3.11. The SMILES string of the molecule is O=C(N[C@@H](c1cnc2ccccc2c1)C1CC(O)C1)C(=O)c1ccco1. The number of carbonyl (C=O) groups excluding carboxylic acids is 2. The van der Waals surface area contributed by atoms with Gasteiger partial charge in [0.15, 0.2) is 5.76 Å². The zero-order chi connectivity index (χ0) is 18.1. The summed E-state index contributed by atoms with van der Waals surface area (Å²) in [5.41, 5.74) is 1.68. The number of para-hydroxylation sites is 1. The summed E-state index contributed by atoms with van der Waals surface area (Å²) >= 11 is 0. The van der Waals surface area contributed by atoms with E-state index < -0.39 is 11.7 Å². The van der Waals surface area contributed by atoms with Gasteiger partial charge in [0.25, 0.3) is 11.7 Å². The average Bonchev–Trinajstić information content (AvgIpc) is 3.17. The summed E-state index contributed by atoms with van der Waals surface area (Å²) in [6, 6.07) is 12.3. The van der Waals surface area contributed by atoms with Gasteiger partial charge in [0.2, 0.25) is 0 Å². The lowest BCUT2D eigenvalue weighted by Gasteiger charge is -2.38. The molecule has 1 aromatic carbocycles. The number of benzene rings is 1. The Labute approximate surface area is 149 Å². The molecule has 0 bridgehead atoms. The molecule has 1 fully saturated rings. The first kappa shape index (κ1) is 16.5. The Balaban J connectivity index is 1.61. The minimum absolute atomic E-state index is 0.00605. The van der Waals surface area contributed by atoms with Crippen molar-refractivity contribution in [1.82, 2.24) is 10.3 Å². The van der Waals surface area contributed by atoms with Crippen molar-refractivity contribution in [3.05, 3.63) is 66.2 Å². The van der Waals surface area contributed by atoms with Crippen LogP contribution in [0.25, 0.3) is 10.9 Å². The number of aliphatic hydroxyl groups excluding tert-OH is 1. The number of pyridine rings is 1. The van der Waals surface area contributed by atoms with E-state index in [1.54, 1.807) is 12.3 Å². The summed E-state index contributed by atoms with van der Waals surface area (Å²) in [7, 11) is 0. The number of rotatable bonds is 5. The fraction of sp³-hybridized carbons (Fsp3) is 0.250. The third-order valence-electron chi connectivity index (χ3n) is 4.83. The van der Waals surface area contributed by atoms with Gasteiger partial charge in [-0.15, -0.1) is 0 Å². The van der Waals surface area contributed by atoms with Gasteiger partial charge in [-0.05, 0) is 48.6 Å². The van der Waals surface area contributed by atoms with Crippen LogP contribution >= 0.6 is 0 Å². The fourth-order valence-electron chi connectivity index (χ4n) is 3.36. The van der Waals surface area contributed by atoms with Crippen LogP contribution in [0, 0.1) is 5.92 Å². The van der Waals surface area contributed by atoms with E-state index in [1.807, 2.05) is 30.3 Å². The van der Waals surface area contributed by atoms with E-state index in [0.717, 1.165) is 16.5 Å². The van der Waals surface area contributed by atoms with E-state index in [2.05, 4.69) is 10.3 Å². The first-order chi connectivity index (χ1) is 12.6. The highest BCUT2D eigenvalue weighted by Crippen LogP contribution is 2.38. The molecule has 3 aromatic rings. The summed E-state index contributed by atoms with van der Waals surface area (Å²) < 4.78 is 5.02. The summed E-state index contributed by atoms with van der Waals surface area (Å²) in [6.07, 6.45) is 3.86. The molecule has 1 atom stereocenters. The quantitative estimate of drug-likeness (QED) is 0.545. The summed E-state index contributed by atoms with van der Waals surface area (Å²) in [6.45, 7) is 0. The largest absolute Gasteiger partial charge is 0.461 e. The number of nitrogens with zero attached hydrogens (tertiary/aromatic N) is 1. The van der Waals surface area contributed by atoms with Crippen LogP contribution in [-0.2, 0) is 4.79 Å². The third-order valence-corrected chi connectivity index (χ3v) is 4.83. The van der Waals surface area contributed by atoms with Gasteiger partial charge in [0.05, 0.1) is 23.9 Å². The lowest BCUT2D eigenvalue weighted by Crippen LogP contribution is -2.43. The van der Waals surface area contributed by atoms with Crippen molar-refractivity contribution in [2.75, 3.05) is 0 Å². The Hall–Kier alpha value is -2.99. The second-order valence-corrected chi connectivity index (χ2v) is 6.60. The van der Waals surface area contributed by atoms with Crippen molar-refractivity contribution in [1.29, 1.82) is 0 Å². The Bertz CT molecular complexity index is 945. The molecule has 6 nitrogen and oxygen atoms in total. The number of furan rings is 1. The molecule has 2 N–H and O–H groups in total. The van der Waals surface area contributed by atoms with Crippen molar-refractivity contribution in [2.45, 2.75) is 25.0 Å². The highest BCUT2D eigenvalue weighted by Gasteiger charge is 2.37. The minimum Gasteiger partial charge on any atom is -0.461 e. The number of carbonyl (C=O) groups is 2. The summed E-state index contributed by atoms with van der Waals surface area (Å²) in [5.74, 6) is -1.37. The van der Waals surface area contributed by atoms with E-state index >= 15 is 0 Å². The molecule has 0 aliphatic heterocycles. The number of fused-ring (bicyclic) bond motifs is 1. The maximum Gasteiger partial charge on any atom is 0.296 e. The Morgan fingerprint density at radius 1 is 1.19 bits per heavy atom. The number of ketones is 1. The van der Waals surface area contributed by atoms with Gasteiger partial charge in [-0.2, -0.15) is 0 Å². The van der Waals surface area contributed by atoms with Crippen LogP contribution < -0.4 is 5.32 Å². The van der Waals surface area contributed by atoms with Crippen LogP contribution in [-0.4, -0.2) is 27.9 Å². The molecule has 26 heavy (non-hydrogen) atoms. The van der Waals surface area contributed by atoms with Gasteiger partial charge in [0, 0.05) is 11.6 Å². The maximum atomic E-state index is 12.4. The van der Waals surface area contributed by atoms with Gasteiger partial charge in [-0.1, -0.05) is 18.2 Å². The molecule has 132 valence electrons.